The first-order valence-corrected chi connectivity index (χ1v) is 8.28. The molecule has 0 saturated carbocycles. The van der Waals surface area contributed by atoms with Crippen LogP contribution in [-0.4, -0.2) is 28.7 Å². The van der Waals surface area contributed by atoms with Crippen molar-refractivity contribution in [2.24, 2.45) is 11.1 Å². The van der Waals surface area contributed by atoms with Crippen molar-refractivity contribution in [3.8, 4) is 11.8 Å². The summed E-state index contributed by atoms with van der Waals surface area (Å²) in [5.41, 5.74) is -0.633. The number of nitrogens with zero attached hydrogens (tertiary/aromatic N) is 3. The summed E-state index contributed by atoms with van der Waals surface area (Å²) in [5, 5.41) is 21.9. The number of aliphatic hydroxyl groups is 1. The smallest absolute Gasteiger partial charge is 0.423 e. The summed E-state index contributed by atoms with van der Waals surface area (Å²) >= 11 is 0. The molecule has 1 atom stereocenters. The van der Waals surface area contributed by atoms with Gasteiger partial charge in [0.2, 0.25) is 5.70 Å². The molecule has 9 heteroatoms. The number of benzene rings is 1. The summed E-state index contributed by atoms with van der Waals surface area (Å²) in [6.45, 7) is 1.55. The van der Waals surface area contributed by atoms with Gasteiger partial charge in [-0.3, -0.25) is 4.90 Å². The zero-order valence-electron chi connectivity index (χ0n) is 14.9. The fraction of sp³-hybridized carbons (Fsp3) is 0.211. The van der Waals surface area contributed by atoms with Crippen molar-refractivity contribution in [2.75, 3.05) is 6.61 Å². The quantitative estimate of drug-likeness (QED) is 0.344. The molecule has 1 N–H and O–H groups in total. The van der Waals surface area contributed by atoms with Gasteiger partial charge in [-0.05, 0) is 24.2 Å². The van der Waals surface area contributed by atoms with Crippen molar-refractivity contribution in [3.63, 3.8) is 0 Å². The molecule has 0 aliphatic carbocycles. The van der Waals surface area contributed by atoms with E-state index in [1.807, 2.05) is 6.07 Å². The van der Waals surface area contributed by atoms with E-state index < -0.39 is 29.4 Å². The Hall–Kier alpha value is -3.93. The van der Waals surface area contributed by atoms with Crippen molar-refractivity contribution in [1.82, 2.24) is 4.90 Å². The molecular formula is C19H17N3O6. The molecule has 1 heterocycles. The number of nitriles is 1. The highest BCUT2D eigenvalue weighted by atomic mass is 16.6. The van der Waals surface area contributed by atoms with E-state index in [9.17, 15) is 24.9 Å². The maximum absolute atomic E-state index is 12.2. The number of hydrogen-bond donors (Lipinski definition) is 1. The standard InChI is InChI=1S/C19H17N3O6/c1-2-27-18(24)17(21-26)16(23)10-13-8-9-22(12-14(13)11-20)19(25)28-15-6-4-3-5-7-15/h3-9,12-13,23H,2,10H2,1H3/b17-16+. The Bertz CT molecular complexity index is 883. The first kappa shape index (κ1) is 20.4. The lowest BCUT2D eigenvalue weighted by molar-refractivity contribution is -0.138. The number of esters is 1. The Labute approximate surface area is 160 Å². The van der Waals surface area contributed by atoms with Crippen LogP contribution in [0.1, 0.15) is 13.3 Å². The van der Waals surface area contributed by atoms with Crippen LogP contribution in [0.2, 0.25) is 0 Å². The molecule has 0 spiro atoms. The number of ether oxygens (including phenoxy) is 2. The number of nitroso groups, excluding NO2 is 1. The molecule has 1 amide bonds. The largest absolute Gasteiger partial charge is 0.510 e. The van der Waals surface area contributed by atoms with Crippen LogP contribution in [0.4, 0.5) is 4.79 Å². The molecule has 28 heavy (non-hydrogen) atoms. The van der Waals surface area contributed by atoms with E-state index in [0.717, 1.165) is 4.90 Å². The third kappa shape index (κ3) is 5.04. The molecular weight excluding hydrogens is 366 g/mol. The first-order chi connectivity index (χ1) is 13.5. The van der Waals surface area contributed by atoms with Crippen molar-refractivity contribution in [2.45, 2.75) is 13.3 Å². The van der Waals surface area contributed by atoms with Gasteiger partial charge >= 0.3 is 12.1 Å². The van der Waals surface area contributed by atoms with Gasteiger partial charge in [0, 0.05) is 24.7 Å². The number of allylic oxidation sites excluding steroid dienone is 3. The summed E-state index contributed by atoms with van der Waals surface area (Å²) in [4.78, 5) is 35.7. The minimum atomic E-state index is -1.05. The highest BCUT2D eigenvalue weighted by Crippen LogP contribution is 2.27. The van der Waals surface area contributed by atoms with E-state index in [4.69, 9.17) is 4.74 Å². The minimum absolute atomic E-state index is 0.0102. The summed E-state index contributed by atoms with van der Waals surface area (Å²) < 4.78 is 9.83. The molecule has 0 aromatic heterocycles. The Morgan fingerprint density at radius 1 is 1.32 bits per heavy atom. The molecule has 9 nitrogen and oxygen atoms in total. The number of aliphatic hydroxyl groups excluding tert-OH is 1. The second-order valence-corrected chi connectivity index (χ2v) is 5.54. The predicted octanol–water partition coefficient (Wildman–Crippen LogP) is 3.53. The number of carbonyl (C=O) groups excluding carboxylic acids is 2. The maximum atomic E-state index is 12.2. The third-order valence-corrected chi connectivity index (χ3v) is 3.69. The van der Waals surface area contributed by atoms with Crippen LogP contribution in [0.15, 0.2) is 71.0 Å². The third-order valence-electron chi connectivity index (χ3n) is 3.69. The van der Waals surface area contributed by atoms with Gasteiger partial charge in [0.15, 0.2) is 0 Å². The van der Waals surface area contributed by atoms with Crippen LogP contribution < -0.4 is 4.74 Å². The monoisotopic (exact) mass is 383 g/mol. The zero-order chi connectivity index (χ0) is 20.5. The second kappa shape index (κ2) is 9.68. The minimum Gasteiger partial charge on any atom is -0.510 e. The fourth-order valence-corrected chi connectivity index (χ4v) is 2.35. The highest BCUT2D eigenvalue weighted by Gasteiger charge is 2.25. The van der Waals surface area contributed by atoms with Crippen LogP contribution in [0, 0.1) is 22.2 Å². The molecule has 1 aliphatic heterocycles. The molecule has 1 aromatic rings. The number of para-hydroxylation sites is 1. The van der Waals surface area contributed by atoms with Crippen molar-refractivity contribution >= 4 is 12.1 Å². The Morgan fingerprint density at radius 3 is 2.64 bits per heavy atom. The molecule has 2 rings (SSSR count). The number of hydrogen-bond acceptors (Lipinski definition) is 8. The predicted molar refractivity (Wildman–Crippen MR) is 97.3 cm³/mol. The summed E-state index contributed by atoms with van der Waals surface area (Å²) in [6.07, 6.45) is 3.12. The lowest BCUT2D eigenvalue weighted by Gasteiger charge is -2.22. The molecule has 0 fully saturated rings. The molecule has 1 aromatic carbocycles. The van der Waals surface area contributed by atoms with E-state index in [1.165, 1.54) is 18.5 Å². The normalized spacial score (nSPS) is 16.4. The Morgan fingerprint density at radius 2 is 2.04 bits per heavy atom. The topological polar surface area (TPSA) is 129 Å². The van der Waals surface area contributed by atoms with Crippen LogP contribution >= 0.6 is 0 Å². The molecule has 1 unspecified atom stereocenters. The van der Waals surface area contributed by atoms with E-state index in [1.54, 1.807) is 37.3 Å². The summed E-state index contributed by atoms with van der Waals surface area (Å²) in [6, 6.07) is 10.3. The molecule has 0 radical (unpaired) electrons. The number of amides is 1. The lowest BCUT2D eigenvalue weighted by Crippen LogP contribution is -2.27. The van der Waals surface area contributed by atoms with E-state index in [2.05, 4.69) is 9.91 Å². The van der Waals surface area contributed by atoms with Crippen molar-refractivity contribution in [1.29, 1.82) is 5.26 Å². The Kier molecular flexibility index (Phi) is 7.05. The molecule has 144 valence electrons. The average Bonchev–Trinajstić information content (AvgIpc) is 2.69. The van der Waals surface area contributed by atoms with Crippen LogP contribution in [-0.2, 0) is 9.53 Å². The van der Waals surface area contributed by atoms with Gasteiger partial charge in [-0.15, -0.1) is 4.91 Å². The van der Waals surface area contributed by atoms with Gasteiger partial charge in [-0.2, -0.15) is 5.26 Å². The maximum Gasteiger partial charge on any atom is 0.423 e. The molecule has 0 saturated heterocycles. The van der Waals surface area contributed by atoms with E-state index in [-0.39, 0.29) is 18.6 Å². The second-order valence-electron chi connectivity index (χ2n) is 5.54. The lowest BCUT2D eigenvalue weighted by atomic mass is 9.93. The van der Waals surface area contributed by atoms with Crippen molar-refractivity contribution in [3.05, 3.63) is 70.7 Å². The fourth-order valence-electron chi connectivity index (χ4n) is 2.35. The first-order valence-electron chi connectivity index (χ1n) is 8.28. The van der Waals surface area contributed by atoms with Gasteiger partial charge in [0.25, 0.3) is 0 Å². The highest BCUT2D eigenvalue weighted by molar-refractivity contribution is 5.88. The van der Waals surface area contributed by atoms with Gasteiger partial charge < -0.3 is 14.6 Å². The van der Waals surface area contributed by atoms with Crippen LogP contribution in [0.25, 0.3) is 0 Å². The SMILES string of the molecule is CCOC(=O)/C(N=O)=C(\O)CC1C=CN(C(=O)Oc2ccccc2)C=C1C#N. The Balaban J connectivity index is 2.13. The average molecular weight is 383 g/mol. The van der Waals surface area contributed by atoms with E-state index >= 15 is 0 Å². The summed E-state index contributed by atoms with van der Waals surface area (Å²) in [5.74, 6) is -1.99. The van der Waals surface area contributed by atoms with Gasteiger partial charge in [-0.25, -0.2) is 9.59 Å². The summed E-state index contributed by atoms with van der Waals surface area (Å²) in [7, 11) is 0. The van der Waals surface area contributed by atoms with E-state index in [0.29, 0.717) is 5.75 Å². The van der Waals surface area contributed by atoms with Gasteiger partial charge in [-0.1, -0.05) is 24.3 Å². The van der Waals surface area contributed by atoms with Crippen molar-refractivity contribution < 1.29 is 24.2 Å². The number of rotatable bonds is 6. The van der Waals surface area contributed by atoms with Crippen LogP contribution in [0.3, 0.4) is 0 Å². The zero-order valence-corrected chi connectivity index (χ0v) is 14.9. The van der Waals surface area contributed by atoms with Crippen LogP contribution in [0.5, 0.6) is 5.75 Å². The van der Waals surface area contributed by atoms with Gasteiger partial charge in [0.1, 0.15) is 11.5 Å². The number of carbonyl (C=O) groups is 2. The van der Waals surface area contributed by atoms with Gasteiger partial charge in [0.05, 0.1) is 18.2 Å². The molecule has 0 bridgehead atoms. The molecule has 1 aliphatic rings.